The molecule has 0 aliphatic rings. The second kappa shape index (κ2) is 6.07. The number of primary amides is 1. The molecule has 0 atom stereocenters. The second-order valence-corrected chi connectivity index (χ2v) is 4.65. The molecule has 126 valence electrons. The number of amides is 2. The van der Waals surface area contributed by atoms with E-state index >= 15 is 0 Å². The van der Waals surface area contributed by atoms with Crippen LogP contribution in [0.4, 0.5) is 35.0 Å². The first kappa shape index (κ1) is 17.1. The Morgan fingerprint density at radius 3 is 2.42 bits per heavy atom. The number of nitrogens with two attached hydrogens (primary N) is 1. The van der Waals surface area contributed by atoms with Gasteiger partial charge in [0, 0.05) is 12.1 Å². The maximum absolute atomic E-state index is 12.8. The van der Waals surface area contributed by atoms with Gasteiger partial charge >= 0.3 is 12.2 Å². The lowest BCUT2D eigenvalue weighted by Crippen LogP contribution is -2.31. The summed E-state index contributed by atoms with van der Waals surface area (Å²) >= 11 is 0. The van der Waals surface area contributed by atoms with Crippen LogP contribution in [0, 0.1) is 10.1 Å². The first-order valence-corrected chi connectivity index (χ1v) is 6.35. The fourth-order valence-electron chi connectivity index (χ4n) is 2.01. The van der Waals surface area contributed by atoms with Crippen LogP contribution in [-0.2, 0) is 6.18 Å². The van der Waals surface area contributed by atoms with Gasteiger partial charge < -0.3 is 10.8 Å². The van der Waals surface area contributed by atoms with E-state index in [-0.39, 0.29) is 5.69 Å². The standard InChI is InChI=1S/C14H10F3N3O4/c15-14(16,17)8-2-1-3-9(6-8)19(13(18)22)11-7-10(20(23)24)4-5-12(11)21/h1-7,21H,(H2,18,22). The van der Waals surface area contributed by atoms with Crippen LogP contribution >= 0.6 is 0 Å². The Bertz CT molecular complexity index is 808. The van der Waals surface area contributed by atoms with Crippen LogP contribution in [0.1, 0.15) is 5.56 Å². The number of non-ortho nitro benzene ring substituents is 1. The van der Waals surface area contributed by atoms with Crippen LogP contribution in [0.2, 0.25) is 0 Å². The summed E-state index contributed by atoms with van der Waals surface area (Å²) in [5.74, 6) is -0.559. The number of hydrogen-bond acceptors (Lipinski definition) is 4. The van der Waals surface area contributed by atoms with E-state index in [4.69, 9.17) is 5.73 Å². The van der Waals surface area contributed by atoms with E-state index < -0.39 is 39.8 Å². The molecule has 24 heavy (non-hydrogen) atoms. The van der Waals surface area contributed by atoms with E-state index in [2.05, 4.69) is 0 Å². The third-order valence-electron chi connectivity index (χ3n) is 3.06. The van der Waals surface area contributed by atoms with Crippen LogP contribution in [0.15, 0.2) is 42.5 Å². The zero-order valence-corrected chi connectivity index (χ0v) is 11.8. The molecule has 0 aliphatic carbocycles. The Kier molecular flexibility index (Phi) is 4.31. The average molecular weight is 341 g/mol. The van der Waals surface area contributed by atoms with Gasteiger partial charge in [0.1, 0.15) is 5.75 Å². The average Bonchev–Trinajstić information content (AvgIpc) is 2.48. The Hall–Kier alpha value is -3.30. The molecular weight excluding hydrogens is 331 g/mol. The number of benzene rings is 2. The van der Waals surface area contributed by atoms with Gasteiger partial charge in [-0.1, -0.05) is 6.07 Å². The lowest BCUT2D eigenvalue weighted by Gasteiger charge is -2.22. The van der Waals surface area contributed by atoms with Gasteiger partial charge in [0.25, 0.3) is 5.69 Å². The number of carbonyl (C=O) groups is 1. The number of nitrogens with zero attached hydrogens (tertiary/aromatic N) is 2. The predicted octanol–water partition coefficient (Wildman–Crippen LogP) is 3.54. The van der Waals surface area contributed by atoms with Crippen molar-refractivity contribution in [3.63, 3.8) is 0 Å². The van der Waals surface area contributed by atoms with Crippen molar-refractivity contribution in [2.45, 2.75) is 6.18 Å². The van der Waals surface area contributed by atoms with Gasteiger partial charge in [0.2, 0.25) is 0 Å². The minimum absolute atomic E-state index is 0.298. The summed E-state index contributed by atoms with van der Waals surface area (Å²) in [6.07, 6.45) is -4.66. The zero-order valence-electron chi connectivity index (χ0n) is 11.8. The molecule has 0 heterocycles. The van der Waals surface area contributed by atoms with Gasteiger partial charge in [-0.15, -0.1) is 0 Å². The quantitative estimate of drug-likeness (QED) is 0.657. The first-order valence-electron chi connectivity index (χ1n) is 6.35. The summed E-state index contributed by atoms with van der Waals surface area (Å²) in [4.78, 5) is 22.3. The third-order valence-corrected chi connectivity index (χ3v) is 3.06. The van der Waals surface area contributed by atoms with E-state index in [1.54, 1.807) is 0 Å². The molecule has 0 saturated heterocycles. The number of phenols is 1. The number of nitro benzene ring substituents is 1. The summed E-state index contributed by atoms with van der Waals surface area (Å²) in [6.45, 7) is 0. The molecule has 0 saturated carbocycles. The lowest BCUT2D eigenvalue weighted by atomic mass is 10.1. The predicted molar refractivity (Wildman–Crippen MR) is 77.9 cm³/mol. The van der Waals surface area contributed by atoms with Crippen LogP contribution in [-0.4, -0.2) is 16.1 Å². The Morgan fingerprint density at radius 1 is 1.21 bits per heavy atom. The van der Waals surface area contributed by atoms with Crippen molar-refractivity contribution in [1.29, 1.82) is 0 Å². The van der Waals surface area contributed by atoms with E-state index in [1.165, 1.54) is 0 Å². The van der Waals surface area contributed by atoms with Crippen molar-refractivity contribution < 1.29 is 28.0 Å². The summed E-state index contributed by atoms with van der Waals surface area (Å²) in [5.41, 5.74) is 2.96. The minimum Gasteiger partial charge on any atom is -0.506 e. The number of phenolic OH excluding ortho intramolecular Hbond substituents is 1. The number of urea groups is 1. The monoisotopic (exact) mass is 341 g/mol. The van der Waals surface area contributed by atoms with Crippen LogP contribution in [0.3, 0.4) is 0 Å². The number of rotatable bonds is 3. The Morgan fingerprint density at radius 2 is 1.88 bits per heavy atom. The van der Waals surface area contributed by atoms with Gasteiger partial charge in [-0.3, -0.25) is 15.0 Å². The second-order valence-electron chi connectivity index (χ2n) is 4.65. The maximum atomic E-state index is 12.8. The number of carbonyl (C=O) groups excluding carboxylic acids is 1. The molecule has 7 nitrogen and oxygen atoms in total. The fraction of sp³-hybridized carbons (Fsp3) is 0.0714. The molecule has 0 aromatic heterocycles. The normalized spacial score (nSPS) is 11.1. The molecule has 2 rings (SSSR count). The van der Waals surface area contributed by atoms with Crippen molar-refractivity contribution in [3.8, 4) is 5.75 Å². The van der Waals surface area contributed by atoms with Crippen LogP contribution in [0.25, 0.3) is 0 Å². The number of alkyl halides is 3. The van der Waals surface area contributed by atoms with E-state index in [1.807, 2.05) is 0 Å². The molecule has 0 spiro atoms. The van der Waals surface area contributed by atoms with Crippen molar-refractivity contribution >= 4 is 23.1 Å². The number of halogens is 3. The number of hydrogen-bond donors (Lipinski definition) is 2. The van der Waals surface area contributed by atoms with Crippen molar-refractivity contribution in [2.75, 3.05) is 4.90 Å². The van der Waals surface area contributed by atoms with Gasteiger partial charge in [-0.2, -0.15) is 13.2 Å². The smallest absolute Gasteiger partial charge is 0.416 e. The zero-order chi connectivity index (χ0) is 18.1. The minimum atomic E-state index is -4.66. The summed E-state index contributed by atoms with van der Waals surface area (Å²) < 4.78 is 38.4. The highest BCUT2D eigenvalue weighted by Gasteiger charge is 2.31. The third kappa shape index (κ3) is 3.37. The molecule has 3 N–H and O–H groups in total. The highest BCUT2D eigenvalue weighted by atomic mass is 19.4. The molecule has 0 fully saturated rings. The van der Waals surface area contributed by atoms with E-state index in [9.17, 15) is 33.2 Å². The number of aromatic hydroxyl groups is 1. The van der Waals surface area contributed by atoms with E-state index in [0.29, 0.717) is 11.0 Å². The molecule has 2 amide bonds. The molecule has 0 unspecified atom stereocenters. The first-order chi connectivity index (χ1) is 11.1. The maximum Gasteiger partial charge on any atom is 0.416 e. The van der Waals surface area contributed by atoms with Crippen molar-refractivity contribution in [3.05, 3.63) is 58.1 Å². The van der Waals surface area contributed by atoms with Gasteiger partial charge in [-0.25, -0.2) is 4.79 Å². The fourth-order valence-corrected chi connectivity index (χ4v) is 2.01. The van der Waals surface area contributed by atoms with Crippen molar-refractivity contribution in [1.82, 2.24) is 0 Å². The van der Waals surface area contributed by atoms with Crippen LogP contribution < -0.4 is 10.6 Å². The Balaban J connectivity index is 2.62. The van der Waals surface area contributed by atoms with Crippen LogP contribution in [0.5, 0.6) is 5.75 Å². The molecule has 10 heteroatoms. The summed E-state index contributed by atoms with van der Waals surface area (Å²) in [6, 6.07) is 5.16. The highest BCUT2D eigenvalue weighted by Crippen LogP contribution is 2.38. The van der Waals surface area contributed by atoms with Crippen molar-refractivity contribution in [2.24, 2.45) is 5.73 Å². The molecule has 0 radical (unpaired) electrons. The highest BCUT2D eigenvalue weighted by molar-refractivity contribution is 6.00. The van der Waals surface area contributed by atoms with Gasteiger partial charge in [0.05, 0.1) is 21.9 Å². The summed E-state index contributed by atoms with van der Waals surface area (Å²) in [5, 5.41) is 20.7. The molecule has 0 bridgehead atoms. The Labute approximate surface area is 132 Å². The topological polar surface area (TPSA) is 110 Å². The lowest BCUT2D eigenvalue weighted by molar-refractivity contribution is -0.384. The molecule has 2 aromatic carbocycles. The number of anilines is 2. The summed E-state index contributed by atoms with van der Waals surface area (Å²) in [7, 11) is 0. The molecule has 2 aromatic rings. The van der Waals surface area contributed by atoms with E-state index in [0.717, 1.165) is 36.4 Å². The molecule has 0 aliphatic heterocycles. The van der Waals surface area contributed by atoms with Gasteiger partial charge in [0.15, 0.2) is 0 Å². The largest absolute Gasteiger partial charge is 0.506 e. The number of nitro groups is 1. The SMILES string of the molecule is NC(=O)N(c1cccc(C(F)(F)F)c1)c1cc([N+](=O)[O-])ccc1O. The molecular formula is C14H10F3N3O4. The van der Waals surface area contributed by atoms with Gasteiger partial charge in [-0.05, 0) is 24.3 Å².